The molecular formula is C31H54N2O5S. The fourth-order valence-electron chi connectivity index (χ4n) is 4.30. The maximum atomic E-state index is 12.6. The molecule has 1 rings (SSSR count). The minimum atomic E-state index is -0.596. The number of thiophene rings is 1. The molecule has 1 aromatic heterocycles. The van der Waals surface area contributed by atoms with Crippen molar-refractivity contribution in [3.05, 3.63) is 16.5 Å². The fourth-order valence-corrected chi connectivity index (χ4v) is 5.30. The zero-order chi connectivity index (χ0) is 28.9. The Morgan fingerprint density at radius 3 is 1.79 bits per heavy atom. The minimum Gasteiger partial charge on any atom is -0.462 e. The summed E-state index contributed by atoms with van der Waals surface area (Å²) in [5, 5.41) is 6.03. The highest BCUT2D eigenvalue weighted by molar-refractivity contribution is 7.16. The van der Waals surface area contributed by atoms with Gasteiger partial charge in [-0.2, -0.15) is 0 Å². The Hall–Kier alpha value is -2.09. The van der Waals surface area contributed by atoms with Crippen LogP contribution in [0.5, 0.6) is 0 Å². The lowest BCUT2D eigenvalue weighted by Gasteiger charge is -2.19. The highest BCUT2D eigenvalue weighted by atomic mass is 32.1. The van der Waals surface area contributed by atoms with E-state index >= 15 is 0 Å². The van der Waals surface area contributed by atoms with Crippen molar-refractivity contribution in [2.45, 2.75) is 149 Å². The van der Waals surface area contributed by atoms with Gasteiger partial charge in [-0.05, 0) is 40.2 Å². The van der Waals surface area contributed by atoms with Crippen LogP contribution in [0.2, 0.25) is 0 Å². The van der Waals surface area contributed by atoms with Crippen LogP contribution in [-0.4, -0.2) is 30.2 Å². The van der Waals surface area contributed by atoms with E-state index in [4.69, 9.17) is 9.47 Å². The van der Waals surface area contributed by atoms with Gasteiger partial charge in [0.2, 0.25) is 5.91 Å². The topological polar surface area (TPSA) is 93.7 Å². The van der Waals surface area contributed by atoms with Crippen LogP contribution < -0.4 is 10.6 Å². The number of anilines is 1. The number of amides is 2. The first-order valence-electron chi connectivity index (χ1n) is 15.2. The smallest absolute Gasteiger partial charge is 0.407 e. The Morgan fingerprint density at radius 1 is 0.795 bits per heavy atom. The second-order valence-corrected chi connectivity index (χ2v) is 12.4. The maximum Gasteiger partial charge on any atom is 0.407 e. The highest BCUT2D eigenvalue weighted by Crippen LogP contribution is 2.29. The predicted molar refractivity (Wildman–Crippen MR) is 162 cm³/mol. The maximum absolute atomic E-state index is 12.6. The van der Waals surface area contributed by atoms with Gasteiger partial charge in [-0.15, -0.1) is 11.3 Å². The molecule has 0 saturated heterocycles. The lowest BCUT2D eigenvalue weighted by atomic mass is 10.0. The van der Waals surface area contributed by atoms with Crippen LogP contribution in [0.15, 0.2) is 6.07 Å². The first-order chi connectivity index (χ1) is 18.7. The van der Waals surface area contributed by atoms with E-state index < -0.39 is 17.7 Å². The third kappa shape index (κ3) is 18.0. The Labute approximate surface area is 241 Å². The van der Waals surface area contributed by atoms with Crippen molar-refractivity contribution in [3.8, 4) is 0 Å². The summed E-state index contributed by atoms with van der Waals surface area (Å²) in [4.78, 5) is 37.7. The van der Waals surface area contributed by atoms with Crippen LogP contribution in [-0.2, 0) is 20.8 Å². The zero-order valence-electron chi connectivity index (χ0n) is 25.3. The summed E-state index contributed by atoms with van der Waals surface area (Å²) < 4.78 is 10.4. The monoisotopic (exact) mass is 566 g/mol. The molecule has 0 aromatic carbocycles. The van der Waals surface area contributed by atoms with Crippen molar-refractivity contribution >= 4 is 34.3 Å². The van der Waals surface area contributed by atoms with Crippen LogP contribution in [0, 0.1) is 0 Å². The average Bonchev–Trinajstić information content (AvgIpc) is 3.27. The van der Waals surface area contributed by atoms with Crippen LogP contribution in [0.3, 0.4) is 0 Å². The molecule has 1 aromatic rings. The van der Waals surface area contributed by atoms with E-state index in [1.807, 2.05) is 0 Å². The molecule has 0 radical (unpaired) electrons. The first-order valence-corrected chi connectivity index (χ1v) is 16.0. The lowest BCUT2D eigenvalue weighted by molar-refractivity contribution is -0.116. The molecule has 0 unspecified atom stereocenters. The highest BCUT2D eigenvalue weighted by Gasteiger charge is 2.20. The van der Waals surface area contributed by atoms with Gasteiger partial charge in [0.15, 0.2) is 0 Å². The molecule has 2 N–H and O–H groups in total. The predicted octanol–water partition coefficient (Wildman–Crippen LogP) is 9.15. The van der Waals surface area contributed by atoms with Crippen molar-refractivity contribution in [2.24, 2.45) is 0 Å². The van der Waals surface area contributed by atoms with Gasteiger partial charge < -0.3 is 20.1 Å². The first kappa shape index (κ1) is 34.9. The molecule has 39 heavy (non-hydrogen) atoms. The molecule has 7 nitrogen and oxygen atoms in total. The SMILES string of the molecule is CCCCCCCCCCCCCCCCCC(=O)Nc1sc(CNC(=O)OC(C)(C)C)cc1C(=O)OCC. The Kier molecular flexibility index (Phi) is 18.6. The molecule has 0 bridgehead atoms. The van der Waals surface area contributed by atoms with E-state index in [9.17, 15) is 14.4 Å². The summed E-state index contributed by atoms with van der Waals surface area (Å²) in [5.41, 5.74) is -0.283. The molecule has 2 amide bonds. The minimum absolute atomic E-state index is 0.108. The van der Waals surface area contributed by atoms with Crippen molar-refractivity contribution in [2.75, 3.05) is 11.9 Å². The number of hydrogen-bond acceptors (Lipinski definition) is 6. The van der Waals surface area contributed by atoms with Crippen molar-refractivity contribution in [3.63, 3.8) is 0 Å². The van der Waals surface area contributed by atoms with Crippen LogP contribution >= 0.6 is 11.3 Å². The van der Waals surface area contributed by atoms with Gasteiger partial charge in [0.05, 0.1) is 18.7 Å². The quantitative estimate of drug-likeness (QED) is 0.114. The molecule has 224 valence electrons. The fraction of sp³-hybridized carbons (Fsp3) is 0.774. The molecule has 1 heterocycles. The number of ether oxygens (including phenoxy) is 2. The van der Waals surface area contributed by atoms with Crippen molar-refractivity contribution in [1.29, 1.82) is 0 Å². The van der Waals surface area contributed by atoms with Gasteiger partial charge in [0, 0.05) is 11.3 Å². The van der Waals surface area contributed by atoms with Gasteiger partial charge in [-0.1, -0.05) is 96.8 Å². The Balaban J connectivity index is 2.28. The number of carbonyl (C=O) groups is 3. The Morgan fingerprint density at radius 2 is 1.31 bits per heavy atom. The number of unbranched alkanes of at least 4 members (excludes halogenated alkanes) is 14. The number of alkyl carbamates (subject to hydrolysis) is 1. The molecule has 0 atom stereocenters. The second kappa shape index (κ2) is 20.8. The lowest BCUT2D eigenvalue weighted by Crippen LogP contribution is -2.31. The molecule has 0 spiro atoms. The van der Waals surface area contributed by atoms with E-state index in [2.05, 4.69) is 17.6 Å². The third-order valence-corrected chi connectivity index (χ3v) is 7.40. The van der Waals surface area contributed by atoms with E-state index in [0.717, 1.165) is 24.1 Å². The van der Waals surface area contributed by atoms with Gasteiger partial charge in [0.25, 0.3) is 0 Å². The number of nitrogens with one attached hydrogen (secondary N) is 2. The van der Waals surface area contributed by atoms with Gasteiger partial charge >= 0.3 is 12.1 Å². The van der Waals surface area contributed by atoms with Gasteiger partial charge in [0.1, 0.15) is 10.6 Å². The molecular weight excluding hydrogens is 512 g/mol. The van der Waals surface area contributed by atoms with Crippen LogP contribution in [0.4, 0.5) is 9.80 Å². The van der Waals surface area contributed by atoms with E-state index in [0.29, 0.717) is 17.0 Å². The normalized spacial score (nSPS) is 11.3. The summed E-state index contributed by atoms with van der Waals surface area (Å²) in [6.45, 7) is 9.83. The summed E-state index contributed by atoms with van der Waals surface area (Å²) in [7, 11) is 0. The Bertz CT molecular complexity index is 831. The molecule has 0 aliphatic carbocycles. The van der Waals surface area contributed by atoms with E-state index in [1.54, 1.807) is 33.8 Å². The van der Waals surface area contributed by atoms with E-state index in [-0.39, 0.29) is 19.1 Å². The van der Waals surface area contributed by atoms with Crippen molar-refractivity contribution in [1.82, 2.24) is 5.32 Å². The largest absolute Gasteiger partial charge is 0.462 e. The number of esters is 1. The summed E-state index contributed by atoms with van der Waals surface area (Å²) in [6, 6.07) is 1.66. The standard InChI is InChI=1S/C31H54N2O5S/c1-6-8-9-10-11-12-13-14-15-16-17-18-19-20-21-22-27(34)33-28-26(29(35)37-7-2)23-25(39-28)24-32-30(36)38-31(3,4)5/h23H,6-22,24H2,1-5H3,(H,32,36)(H,33,34). The molecule has 0 saturated carbocycles. The van der Waals surface area contributed by atoms with Gasteiger partial charge in [-0.3, -0.25) is 4.79 Å². The summed E-state index contributed by atoms with van der Waals surface area (Å²) in [6.07, 6.45) is 19.1. The molecule has 0 aliphatic rings. The number of carbonyl (C=O) groups excluding carboxylic acids is 3. The molecule has 0 fully saturated rings. The summed E-state index contributed by atoms with van der Waals surface area (Å²) in [5.74, 6) is -0.594. The van der Waals surface area contributed by atoms with Gasteiger partial charge in [-0.25, -0.2) is 9.59 Å². The zero-order valence-corrected chi connectivity index (χ0v) is 26.1. The summed E-state index contributed by atoms with van der Waals surface area (Å²) >= 11 is 1.26. The third-order valence-electron chi connectivity index (χ3n) is 6.34. The van der Waals surface area contributed by atoms with Crippen LogP contribution in [0.25, 0.3) is 0 Å². The van der Waals surface area contributed by atoms with Crippen molar-refractivity contribution < 1.29 is 23.9 Å². The number of rotatable bonds is 21. The molecule has 8 heteroatoms. The number of hydrogen-bond donors (Lipinski definition) is 2. The van der Waals surface area contributed by atoms with Crippen LogP contribution in [0.1, 0.15) is 153 Å². The van der Waals surface area contributed by atoms with E-state index in [1.165, 1.54) is 88.4 Å². The average molecular weight is 567 g/mol. The molecule has 0 aliphatic heterocycles. The second-order valence-electron chi connectivity index (χ2n) is 11.3.